The number of hydrogen-bond donors (Lipinski definition) is 4. The van der Waals surface area contributed by atoms with Crippen LogP contribution in [0.25, 0.3) is 17.1 Å². The lowest BCUT2D eigenvalue weighted by atomic mass is 9.98. The quantitative estimate of drug-likeness (QED) is 0.159. The number of nitrogens with one attached hydrogen (secondary N) is 2. The van der Waals surface area contributed by atoms with Crippen LogP contribution in [-0.4, -0.2) is 91.0 Å². The van der Waals surface area contributed by atoms with Gasteiger partial charge < -0.3 is 20.4 Å². The lowest BCUT2D eigenvalue weighted by molar-refractivity contribution is -0.120. The normalized spacial score (nSPS) is 14.8. The van der Waals surface area contributed by atoms with Crippen molar-refractivity contribution in [2.24, 2.45) is 0 Å². The number of phenolic OH excluding ortho intramolecular Hbond substituents is 2. The fourth-order valence-corrected chi connectivity index (χ4v) is 7.61. The van der Waals surface area contributed by atoms with E-state index in [4.69, 9.17) is 0 Å². The number of nitrogens with zero attached hydrogens (tertiary/aromatic N) is 4. The molecule has 0 radical (unpaired) electrons. The molecule has 1 saturated heterocycles. The standard InChI is InChI=1S/C31H44N6O4S2/c1-21(2)24-18-25(27(39)19-26(24)38)29-33-34-30(41)37(29)23-8-6-22(7-9-23)20-36-15-13-35(14-16-36)12-11-31(3,4)43-42-17-10-28(40)32-5/h6-9,18-19,21,38-39H,10-17,20H2,1-5H3,(H,32,40)(H,34,41). The number of rotatable bonds is 13. The van der Waals surface area contributed by atoms with Crippen molar-refractivity contribution in [1.29, 1.82) is 0 Å². The number of aromatic hydroxyl groups is 2. The Bertz CT molecular complexity index is 1430. The third-order valence-corrected chi connectivity index (χ3v) is 11.1. The molecular weight excluding hydrogens is 585 g/mol. The van der Waals surface area contributed by atoms with Crippen molar-refractivity contribution in [1.82, 2.24) is 29.9 Å². The first kappa shape index (κ1) is 33.0. The highest BCUT2D eigenvalue weighted by Crippen LogP contribution is 2.39. The second-order valence-corrected chi connectivity index (χ2v) is 15.0. The zero-order chi connectivity index (χ0) is 31.1. The van der Waals surface area contributed by atoms with Gasteiger partial charge in [0.1, 0.15) is 11.5 Å². The number of carbonyl (C=O) groups is 1. The molecule has 4 N–H and O–H groups in total. The van der Waals surface area contributed by atoms with Gasteiger partial charge in [-0.2, -0.15) is 5.10 Å². The lowest BCUT2D eigenvalue weighted by Gasteiger charge is -2.36. The van der Waals surface area contributed by atoms with Crippen molar-refractivity contribution in [2.45, 2.75) is 57.7 Å². The van der Waals surface area contributed by atoms with Crippen LogP contribution in [0, 0.1) is 0 Å². The summed E-state index contributed by atoms with van der Waals surface area (Å²) in [7, 11) is 5.33. The first-order valence-corrected chi connectivity index (χ1v) is 17.1. The summed E-state index contributed by atoms with van der Waals surface area (Å²) in [6.07, 6.45) is 1.66. The Morgan fingerprint density at radius 2 is 1.74 bits per heavy atom. The monoisotopic (exact) mass is 628 g/mol. The predicted molar refractivity (Wildman–Crippen MR) is 176 cm³/mol. The minimum Gasteiger partial charge on any atom is -0.508 e. The summed E-state index contributed by atoms with van der Waals surface area (Å²) < 4.78 is 1.60. The van der Waals surface area contributed by atoms with Crippen LogP contribution in [0.5, 0.6) is 11.5 Å². The molecule has 43 heavy (non-hydrogen) atoms. The molecule has 0 bridgehead atoms. The van der Waals surface area contributed by atoms with Gasteiger partial charge in [0.25, 0.3) is 0 Å². The average molecular weight is 629 g/mol. The summed E-state index contributed by atoms with van der Waals surface area (Å²) in [5, 5.41) is 30.2. The minimum absolute atomic E-state index is 0.0127. The number of carbonyl (C=O) groups excluding carboxylic acids is 1. The topological polar surface area (TPSA) is 127 Å². The van der Waals surface area contributed by atoms with E-state index in [2.05, 4.69) is 39.2 Å². The van der Waals surface area contributed by atoms with E-state index in [1.807, 2.05) is 48.9 Å². The Hall–Kier alpha value is -2.93. The number of amides is 1. The van der Waals surface area contributed by atoms with E-state index >= 15 is 0 Å². The largest absolute Gasteiger partial charge is 0.508 e. The highest BCUT2D eigenvalue weighted by atomic mass is 33.1. The average Bonchev–Trinajstić information content (AvgIpc) is 3.36. The molecule has 0 unspecified atom stereocenters. The van der Waals surface area contributed by atoms with Gasteiger partial charge in [-0.25, -0.2) is 14.5 Å². The van der Waals surface area contributed by atoms with E-state index in [-0.39, 0.29) is 33.9 Å². The first-order valence-electron chi connectivity index (χ1n) is 14.8. The highest BCUT2D eigenvalue weighted by Gasteiger charge is 2.24. The van der Waals surface area contributed by atoms with Gasteiger partial charge in [0.05, 0.1) is 11.3 Å². The predicted octanol–water partition coefficient (Wildman–Crippen LogP) is 4.57. The van der Waals surface area contributed by atoms with Crippen LogP contribution in [0.2, 0.25) is 0 Å². The van der Waals surface area contributed by atoms with Gasteiger partial charge in [-0.1, -0.05) is 47.6 Å². The van der Waals surface area contributed by atoms with E-state index in [1.165, 1.54) is 10.6 Å². The molecule has 12 heteroatoms. The summed E-state index contributed by atoms with van der Waals surface area (Å²) in [4.78, 5) is 29.2. The van der Waals surface area contributed by atoms with Gasteiger partial charge in [0, 0.05) is 62.8 Å². The van der Waals surface area contributed by atoms with Gasteiger partial charge >= 0.3 is 5.69 Å². The molecule has 1 aliphatic heterocycles. The number of aromatic amines is 1. The number of benzene rings is 2. The molecule has 1 fully saturated rings. The smallest absolute Gasteiger partial charge is 0.348 e. The Morgan fingerprint density at radius 3 is 2.40 bits per heavy atom. The molecule has 1 aromatic heterocycles. The molecule has 0 atom stereocenters. The maximum absolute atomic E-state index is 12.7. The Kier molecular flexibility index (Phi) is 11.3. The molecule has 3 aromatic rings. The van der Waals surface area contributed by atoms with Crippen molar-refractivity contribution >= 4 is 27.5 Å². The van der Waals surface area contributed by atoms with Gasteiger partial charge in [-0.3, -0.25) is 9.69 Å². The zero-order valence-corrected chi connectivity index (χ0v) is 27.4. The third-order valence-electron chi connectivity index (χ3n) is 7.75. The van der Waals surface area contributed by atoms with Crippen LogP contribution in [0.4, 0.5) is 0 Å². The molecule has 0 aliphatic carbocycles. The Labute approximate surface area is 261 Å². The van der Waals surface area contributed by atoms with Gasteiger partial charge in [0.15, 0.2) is 5.82 Å². The SMILES string of the molecule is CNC(=O)CCSSC(C)(C)CCN1CCN(Cc2ccc(-n3c(-c4cc(C(C)C)c(O)cc4O)n[nH]c3=O)cc2)CC1. The van der Waals surface area contributed by atoms with Crippen LogP contribution >= 0.6 is 21.6 Å². The van der Waals surface area contributed by atoms with Crippen LogP contribution in [-0.2, 0) is 11.3 Å². The molecule has 0 spiro atoms. The fourth-order valence-electron chi connectivity index (χ4n) is 5.06. The summed E-state index contributed by atoms with van der Waals surface area (Å²) in [6, 6.07) is 10.8. The van der Waals surface area contributed by atoms with E-state index in [9.17, 15) is 19.8 Å². The summed E-state index contributed by atoms with van der Waals surface area (Å²) in [6.45, 7) is 14.4. The molecule has 0 saturated carbocycles. The van der Waals surface area contributed by atoms with Crippen molar-refractivity contribution in [3.05, 3.63) is 58.0 Å². The summed E-state index contributed by atoms with van der Waals surface area (Å²) in [5.41, 5.74) is 2.45. The molecule has 4 rings (SSSR count). The van der Waals surface area contributed by atoms with E-state index < -0.39 is 5.69 Å². The second-order valence-electron chi connectivity index (χ2n) is 11.9. The number of piperazine rings is 1. The first-order chi connectivity index (χ1) is 20.5. The summed E-state index contributed by atoms with van der Waals surface area (Å²) in [5.74, 6) is 1.11. The van der Waals surface area contributed by atoms with Crippen molar-refractivity contribution in [3.63, 3.8) is 0 Å². The van der Waals surface area contributed by atoms with E-state index in [1.54, 1.807) is 23.9 Å². The van der Waals surface area contributed by atoms with Crippen molar-refractivity contribution in [3.8, 4) is 28.6 Å². The van der Waals surface area contributed by atoms with Gasteiger partial charge in [0.2, 0.25) is 5.91 Å². The summed E-state index contributed by atoms with van der Waals surface area (Å²) >= 11 is 0. The van der Waals surface area contributed by atoms with Crippen LogP contribution in [0.15, 0.2) is 41.2 Å². The van der Waals surface area contributed by atoms with E-state index in [0.717, 1.165) is 57.0 Å². The van der Waals surface area contributed by atoms with Gasteiger partial charge in [-0.15, -0.1) is 0 Å². The molecule has 234 valence electrons. The molecule has 10 nitrogen and oxygen atoms in total. The fraction of sp³-hybridized carbons (Fsp3) is 0.516. The maximum atomic E-state index is 12.7. The molecule has 1 aliphatic rings. The van der Waals surface area contributed by atoms with Crippen LogP contribution in [0.1, 0.15) is 57.6 Å². The highest BCUT2D eigenvalue weighted by molar-refractivity contribution is 8.77. The van der Waals surface area contributed by atoms with E-state index in [0.29, 0.717) is 23.2 Å². The Morgan fingerprint density at radius 1 is 1.07 bits per heavy atom. The number of H-pyrrole nitrogens is 1. The molecule has 2 aromatic carbocycles. The minimum atomic E-state index is -0.401. The molecular formula is C31H44N6O4S2. The number of phenols is 2. The van der Waals surface area contributed by atoms with Crippen molar-refractivity contribution < 1.29 is 15.0 Å². The molecule has 1 amide bonds. The number of hydrogen-bond acceptors (Lipinski definition) is 9. The maximum Gasteiger partial charge on any atom is 0.348 e. The van der Waals surface area contributed by atoms with Crippen LogP contribution in [0.3, 0.4) is 0 Å². The lowest BCUT2D eigenvalue weighted by Crippen LogP contribution is -2.46. The Balaban J connectivity index is 1.31. The third kappa shape index (κ3) is 8.81. The van der Waals surface area contributed by atoms with Crippen molar-refractivity contribution in [2.75, 3.05) is 45.5 Å². The molecule has 2 heterocycles. The second kappa shape index (κ2) is 14.7. The number of aromatic nitrogens is 3. The van der Waals surface area contributed by atoms with Crippen LogP contribution < -0.4 is 11.0 Å². The van der Waals surface area contributed by atoms with Gasteiger partial charge in [-0.05, 0) is 62.1 Å². The zero-order valence-electron chi connectivity index (χ0n) is 25.7.